The minimum absolute atomic E-state index is 0.149. The van der Waals surface area contributed by atoms with Crippen molar-refractivity contribution in [2.75, 3.05) is 19.6 Å². The van der Waals surface area contributed by atoms with Crippen LogP contribution in [0.4, 0.5) is 4.39 Å². The number of rotatable bonds is 3. The Labute approximate surface area is 118 Å². The van der Waals surface area contributed by atoms with Crippen molar-refractivity contribution >= 4 is 11.6 Å². The first-order valence-electron chi connectivity index (χ1n) is 7.12. The quantitative estimate of drug-likeness (QED) is 0.917. The van der Waals surface area contributed by atoms with Crippen molar-refractivity contribution in [1.29, 1.82) is 0 Å². The molecule has 1 aromatic carbocycles. The monoisotopic (exact) mass is 282 g/mol. The molecule has 3 rings (SSSR count). The van der Waals surface area contributed by atoms with Crippen molar-refractivity contribution in [2.45, 2.75) is 31.8 Å². The molecule has 1 saturated carbocycles. The Kier molecular flexibility index (Phi) is 4.06. The first-order valence-corrected chi connectivity index (χ1v) is 7.50. The average Bonchev–Trinajstić information content (AvgIpc) is 3.20. The third kappa shape index (κ3) is 3.47. The number of hydrogen-bond acceptors (Lipinski definition) is 2. The Balaban J connectivity index is 1.68. The van der Waals surface area contributed by atoms with Gasteiger partial charge in [0.2, 0.25) is 0 Å². The summed E-state index contributed by atoms with van der Waals surface area (Å²) >= 11 is 5.96. The van der Waals surface area contributed by atoms with Crippen LogP contribution in [-0.4, -0.2) is 30.6 Å². The van der Waals surface area contributed by atoms with Gasteiger partial charge in [-0.1, -0.05) is 11.6 Å². The largest absolute Gasteiger partial charge is 0.312 e. The van der Waals surface area contributed by atoms with Crippen LogP contribution in [-0.2, 0) is 6.54 Å². The summed E-state index contributed by atoms with van der Waals surface area (Å²) < 4.78 is 13.8. The Hall–Kier alpha value is -0.640. The fraction of sp³-hybridized carbons (Fsp3) is 0.600. The fourth-order valence-corrected chi connectivity index (χ4v) is 3.08. The molecule has 0 aromatic heterocycles. The van der Waals surface area contributed by atoms with Crippen molar-refractivity contribution < 1.29 is 4.39 Å². The van der Waals surface area contributed by atoms with Crippen LogP contribution in [0.2, 0.25) is 5.02 Å². The van der Waals surface area contributed by atoms with Crippen molar-refractivity contribution in [3.05, 3.63) is 34.6 Å². The normalized spacial score (nSPS) is 25.3. The van der Waals surface area contributed by atoms with Crippen LogP contribution in [0.5, 0.6) is 0 Å². The standard InChI is InChI=1S/C15H20ClFN2/c16-13-4-5-14(17)12(8-13)9-19-7-1-6-18-15(10-19)11-2-3-11/h4-5,8,11,15,18H,1-3,6-7,9-10H2. The Bertz CT molecular complexity index is 448. The Morgan fingerprint density at radius 1 is 1.37 bits per heavy atom. The van der Waals surface area contributed by atoms with Gasteiger partial charge in [0.05, 0.1) is 0 Å². The summed E-state index contributed by atoms with van der Waals surface area (Å²) in [4.78, 5) is 2.36. The lowest BCUT2D eigenvalue weighted by Gasteiger charge is -2.24. The Morgan fingerprint density at radius 3 is 3.00 bits per heavy atom. The summed E-state index contributed by atoms with van der Waals surface area (Å²) in [6.45, 7) is 3.80. The molecular weight excluding hydrogens is 263 g/mol. The molecule has 1 aromatic rings. The smallest absolute Gasteiger partial charge is 0.127 e. The van der Waals surface area contributed by atoms with Gasteiger partial charge in [-0.15, -0.1) is 0 Å². The van der Waals surface area contributed by atoms with Crippen LogP contribution in [0, 0.1) is 11.7 Å². The van der Waals surface area contributed by atoms with Gasteiger partial charge >= 0.3 is 0 Å². The second-order valence-electron chi connectivity index (χ2n) is 5.72. The summed E-state index contributed by atoms with van der Waals surface area (Å²) in [6.07, 6.45) is 3.82. The molecule has 0 radical (unpaired) electrons. The topological polar surface area (TPSA) is 15.3 Å². The third-order valence-corrected chi connectivity index (χ3v) is 4.34. The molecule has 0 spiro atoms. The molecule has 19 heavy (non-hydrogen) atoms. The predicted octanol–water partition coefficient (Wildman–Crippen LogP) is 3.05. The zero-order valence-corrected chi connectivity index (χ0v) is 11.8. The predicted molar refractivity (Wildman–Crippen MR) is 75.8 cm³/mol. The molecular formula is C15H20ClFN2. The van der Waals surface area contributed by atoms with E-state index in [1.54, 1.807) is 12.1 Å². The van der Waals surface area contributed by atoms with Crippen LogP contribution in [0.25, 0.3) is 0 Å². The highest BCUT2D eigenvalue weighted by Gasteiger charge is 2.33. The van der Waals surface area contributed by atoms with Crippen LogP contribution in [0.15, 0.2) is 18.2 Å². The second-order valence-corrected chi connectivity index (χ2v) is 6.16. The number of hydrogen-bond donors (Lipinski definition) is 1. The lowest BCUT2D eigenvalue weighted by Crippen LogP contribution is -2.39. The van der Waals surface area contributed by atoms with Gasteiger partial charge in [-0.05, 0) is 56.5 Å². The summed E-state index contributed by atoms with van der Waals surface area (Å²) in [6, 6.07) is 5.41. The van der Waals surface area contributed by atoms with Gasteiger partial charge in [0, 0.05) is 29.7 Å². The fourth-order valence-electron chi connectivity index (χ4n) is 2.89. The van der Waals surface area contributed by atoms with Gasteiger partial charge in [0.15, 0.2) is 0 Å². The van der Waals surface area contributed by atoms with Crippen molar-refractivity contribution in [3.8, 4) is 0 Å². The molecule has 0 amide bonds. The van der Waals surface area contributed by atoms with E-state index in [1.165, 1.54) is 18.9 Å². The molecule has 0 bridgehead atoms. The molecule has 1 heterocycles. The Morgan fingerprint density at radius 2 is 2.21 bits per heavy atom. The molecule has 2 aliphatic rings. The van der Waals surface area contributed by atoms with E-state index in [2.05, 4.69) is 10.2 Å². The molecule has 4 heteroatoms. The maximum absolute atomic E-state index is 13.8. The number of halogens is 2. The molecule has 1 N–H and O–H groups in total. The highest BCUT2D eigenvalue weighted by molar-refractivity contribution is 6.30. The van der Waals surface area contributed by atoms with E-state index in [-0.39, 0.29) is 5.82 Å². The van der Waals surface area contributed by atoms with E-state index in [4.69, 9.17) is 11.6 Å². The van der Waals surface area contributed by atoms with Gasteiger partial charge in [0.1, 0.15) is 5.82 Å². The second kappa shape index (κ2) is 5.78. The molecule has 2 fully saturated rings. The zero-order valence-electron chi connectivity index (χ0n) is 11.0. The minimum atomic E-state index is -0.149. The highest BCUT2D eigenvalue weighted by Crippen LogP contribution is 2.33. The average molecular weight is 283 g/mol. The number of nitrogens with one attached hydrogen (secondary N) is 1. The van der Waals surface area contributed by atoms with Crippen molar-refractivity contribution in [2.24, 2.45) is 5.92 Å². The summed E-state index contributed by atoms with van der Waals surface area (Å²) in [7, 11) is 0. The minimum Gasteiger partial charge on any atom is -0.312 e. The van der Waals surface area contributed by atoms with Crippen LogP contribution in [0.1, 0.15) is 24.8 Å². The maximum atomic E-state index is 13.8. The van der Waals surface area contributed by atoms with Gasteiger partial charge in [0.25, 0.3) is 0 Å². The molecule has 1 unspecified atom stereocenters. The lowest BCUT2D eigenvalue weighted by atomic mass is 10.1. The van der Waals surface area contributed by atoms with Crippen LogP contribution < -0.4 is 5.32 Å². The first kappa shape index (κ1) is 13.3. The SMILES string of the molecule is Fc1ccc(Cl)cc1CN1CCCNC(C2CC2)C1. The number of benzene rings is 1. The van der Waals surface area contributed by atoms with Gasteiger partial charge in [-0.3, -0.25) is 4.90 Å². The number of nitrogens with zero attached hydrogens (tertiary/aromatic N) is 1. The van der Waals surface area contributed by atoms with E-state index >= 15 is 0 Å². The third-order valence-electron chi connectivity index (χ3n) is 4.11. The highest BCUT2D eigenvalue weighted by atomic mass is 35.5. The van der Waals surface area contributed by atoms with Gasteiger partial charge in [-0.25, -0.2) is 4.39 Å². The van der Waals surface area contributed by atoms with E-state index in [0.29, 0.717) is 23.2 Å². The van der Waals surface area contributed by atoms with E-state index < -0.39 is 0 Å². The van der Waals surface area contributed by atoms with Crippen LogP contribution >= 0.6 is 11.6 Å². The van der Waals surface area contributed by atoms with E-state index in [0.717, 1.165) is 32.0 Å². The molecule has 1 aliphatic heterocycles. The summed E-state index contributed by atoms with van der Waals surface area (Å²) in [5.74, 6) is 0.689. The van der Waals surface area contributed by atoms with Gasteiger partial charge in [-0.2, -0.15) is 0 Å². The molecule has 104 valence electrons. The van der Waals surface area contributed by atoms with E-state index in [9.17, 15) is 4.39 Å². The summed E-state index contributed by atoms with van der Waals surface area (Å²) in [5, 5.41) is 4.24. The molecule has 1 atom stereocenters. The van der Waals surface area contributed by atoms with Crippen molar-refractivity contribution in [3.63, 3.8) is 0 Å². The molecule has 2 nitrogen and oxygen atoms in total. The lowest BCUT2D eigenvalue weighted by molar-refractivity contribution is 0.247. The zero-order chi connectivity index (χ0) is 13.2. The summed E-state index contributed by atoms with van der Waals surface area (Å²) in [5.41, 5.74) is 0.712. The van der Waals surface area contributed by atoms with Gasteiger partial charge < -0.3 is 5.32 Å². The first-order chi connectivity index (χ1) is 9.22. The van der Waals surface area contributed by atoms with Crippen molar-refractivity contribution in [1.82, 2.24) is 10.2 Å². The van der Waals surface area contributed by atoms with E-state index in [1.807, 2.05) is 0 Å². The maximum Gasteiger partial charge on any atom is 0.127 e. The molecule has 1 aliphatic carbocycles. The van der Waals surface area contributed by atoms with Crippen LogP contribution in [0.3, 0.4) is 0 Å². The molecule has 1 saturated heterocycles.